The first kappa shape index (κ1) is 17.4. The molecule has 0 radical (unpaired) electrons. The Morgan fingerprint density at radius 2 is 2.00 bits per heavy atom. The van der Waals surface area contributed by atoms with Crippen molar-refractivity contribution in [3.63, 3.8) is 0 Å². The number of amides is 1. The molecule has 1 unspecified atom stereocenters. The summed E-state index contributed by atoms with van der Waals surface area (Å²) >= 11 is 0. The van der Waals surface area contributed by atoms with E-state index >= 15 is 0 Å². The Morgan fingerprint density at radius 1 is 1.28 bits per heavy atom. The summed E-state index contributed by atoms with van der Waals surface area (Å²) in [4.78, 5) is 14.0. The molecule has 10 heteroatoms. The van der Waals surface area contributed by atoms with Gasteiger partial charge in [-0.1, -0.05) is 12.1 Å². The highest BCUT2D eigenvalue weighted by Gasteiger charge is 2.40. The number of alkyl halides is 3. The SMILES string of the molecule is Cc1noc(C)c1C(C)CC(=O)N1CCn2c(nnc2C(F)(F)F)C1. The number of carbonyl (C=O) groups excluding carboxylic acids is 1. The van der Waals surface area contributed by atoms with Crippen molar-refractivity contribution in [1.82, 2.24) is 24.8 Å². The van der Waals surface area contributed by atoms with Crippen LogP contribution in [0.5, 0.6) is 0 Å². The standard InChI is InChI=1S/C15H18F3N5O2/c1-8(13-9(2)21-25-10(13)3)6-12(24)22-4-5-23-11(7-22)19-20-14(23)15(16,17)18/h8H,4-7H2,1-3H3. The van der Waals surface area contributed by atoms with Crippen LogP contribution >= 0.6 is 0 Å². The van der Waals surface area contributed by atoms with Gasteiger partial charge in [-0.2, -0.15) is 13.2 Å². The normalized spacial score (nSPS) is 16.0. The third kappa shape index (κ3) is 3.24. The highest BCUT2D eigenvalue weighted by Crippen LogP contribution is 2.30. The van der Waals surface area contributed by atoms with Crippen LogP contribution in [-0.4, -0.2) is 37.3 Å². The van der Waals surface area contributed by atoms with Gasteiger partial charge in [0.2, 0.25) is 11.7 Å². The van der Waals surface area contributed by atoms with Gasteiger partial charge in [0.25, 0.3) is 0 Å². The Hall–Kier alpha value is -2.39. The van der Waals surface area contributed by atoms with Gasteiger partial charge in [-0.05, 0) is 19.8 Å². The van der Waals surface area contributed by atoms with E-state index in [1.807, 2.05) is 13.8 Å². The number of rotatable bonds is 3. The molecule has 1 aliphatic rings. The van der Waals surface area contributed by atoms with Crippen LogP contribution in [0.4, 0.5) is 13.2 Å². The highest BCUT2D eigenvalue weighted by molar-refractivity contribution is 5.77. The van der Waals surface area contributed by atoms with Crippen LogP contribution in [0, 0.1) is 13.8 Å². The number of hydrogen-bond acceptors (Lipinski definition) is 5. The molecule has 0 spiro atoms. The quantitative estimate of drug-likeness (QED) is 0.843. The third-order valence-corrected chi connectivity index (χ3v) is 4.42. The Morgan fingerprint density at radius 3 is 2.60 bits per heavy atom. The molecule has 25 heavy (non-hydrogen) atoms. The zero-order valence-electron chi connectivity index (χ0n) is 14.1. The molecule has 3 rings (SSSR count). The lowest BCUT2D eigenvalue weighted by atomic mass is 9.95. The zero-order chi connectivity index (χ0) is 18.4. The van der Waals surface area contributed by atoms with Crippen LogP contribution in [0.2, 0.25) is 0 Å². The minimum atomic E-state index is -4.55. The lowest BCUT2D eigenvalue weighted by Crippen LogP contribution is -2.39. The number of aryl methyl sites for hydroxylation is 2. The van der Waals surface area contributed by atoms with Crippen molar-refractivity contribution in [2.75, 3.05) is 6.54 Å². The van der Waals surface area contributed by atoms with Crippen LogP contribution in [0.15, 0.2) is 4.52 Å². The van der Waals surface area contributed by atoms with E-state index in [0.717, 1.165) is 15.8 Å². The van der Waals surface area contributed by atoms with Crippen molar-refractivity contribution < 1.29 is 22.5 Å². The first-order valence-corrected chi connectivity index (χ1v) is 7.88. The van der Waals surface area contributed by atoms with E-state index < -0.39 is 12.0 Å². The zero-order valence-corrected chi connectivity index (χ0v) is 14.1. The lowest BCUT2D eigenvalue weighted by Gasteiger charge is -2.29. The molecular weight excluding hydrogens is 339 g/mol. The highest BCUT2D eigenvalue weighted by atomic mass is 19.4. The summed E-state index contributed by atoms with van der Waals surface area (Å²) in [5, 5.41) is 10.7. The predicted molar refractivity (Wildman–Crippen MR) is 79.5 cm³/mol. The van der Waals surface area contributed by atoms with Gasteiger partial charge in [0.15, 0.2) is 5.82 Å². The molecule has 2 aromatic rings. The fraction of sp³-hybridized carbons (Fsp3) is 0.600. The summed E-state index contributed by atoms with van der Waals surface area (Å²) in [6, 6.07) is 0. The average Bonchev–Trinajstić information content (AvgIpc) is 3.09. The molecule has 0 saturated heterocycles. The molecule has 0 N–H and O–H groups in total. The van der Waals surface area contributed by atoms with Crippen molar-refractivity contribution >= 4 is 5.91 Å². The second-order valence-corrected chi connectivity index (χ2v) is 6.25. The molecule has 0 fully saturated rings. The molecule has 1 aliphatic heterocycles. The van der Waals surface area contributed by atoms with Gasteiger partial charge in [-0.25, -0.2) is 0 Å². The smallest absolute Gasteiger partial charge is 0.361 e. The van der Waals surface area contributed by atoms with Crippen molar-refractivity contribution in [3.8, 4) is 0 Å². The third-order valence-electron chi connectivity index (χ3n) is 4.42. The molecule has 0 saturated carbocycles. The van der Waals surface area contributed by atoms with Gasteiger partial charge in [-0.15, -0.1) is 10.2 Å². The van der Waals surface area contributed by atoms with Gasteiger partial charge < -0.3 is 14.0 Å². The van der Waals surface area contributed by atoms with E-state index in [9.17, 15) is 18.0 Å². The average molecular weight is 357 g/mol. The molecule has 1 atom stereocenters. The Labute approximate surface area is 141 Å². The Kier molecular flexibility index (Phi) is 4.29. The Bertz CT molecular complexity index is 776. The summed E-state index contributed by atoms with van der Waals surface area (Å²) in [5.74, 6) is -0.429. The molecule has 3 heterocycles. The molecule has 0 aromatic carbocycles. The number of nitrogens with zero attached hydrogens (tertiary/aromatic N) is 5. The van der Waals surface area contributed by atoms with Crippen LogP contribution < -0.4 is 0 Å². The van der Waals surface area contributed by atoms with Gasteiger partial charge in [0, 0.05) is 25.1 Å². The van der Waals surface area contributed by atoms with Gasteiger partial charge in [0.1, 0.15) is 5.76 Å². The lowest BCUT2D eigenvalue weighted by molar-refractivity contribution is -0.148. The number of hydrogen-bond donors (Lipinski definition) is 0. The molecular formula is C15H18F3N5O2. The van der Waals surface area contributed by atoms with Crippen molar-refractivity contribution in [1.29, 1.82) is 0 Å². The number of fused-ring (bicyclic) bond motifs is 1. The van der Waals surface area contributed by atoms with Crippen LogP contribution in [0.25, 0.3) is 0 Å². The largest absolute Gasteiger partial charge is 0.451 e. The first-order chi connectivity index (χ1) is 11.7. The monoisotopic (exact) mass is 357 g/mol. The number of aromatic nitrogens is 4. The topological polar surface area (TPSA) is 77.0 Å². The van der Waals surface area contributed by atoms with E-state index in [0.29, 0.717) is 5.76 Å². The van der Waals surface area contributed by atoms with E-state index in [1.54, 1.807) is 6.92 Å². The summed E-state index contributed by atoms with van der Waals surface area (Å²) in [5.41, 5.74) is 1.64. The molecule has 0 bridgehead atoms. The maximum Gasteiger partial charge on any atom is 0.451 e. The number of carbonyl (C=O) groups is 1. The van der Waals surface area contributed by atoms with Crippen LogP contribution in [-0.2, 0) is 24.1 Å². The van der Waals surface area contributed by atoms with Crippen molar-refractivity contribution in [2.24, 2.45) is 0 Å². The fourth-order valence-electron chi connectivity index (χ4n) is 3.27. The fourth-order valence-corrected chi connectivity index (χ4v) is 3.27. The maximum atomic E-state index is 12.9. The Balaban J connectivity index is 1.70. The molecule has 136 valence electrons. The summed E-state index contributed by atoms with van der Waals surface area (Å²) in [7, 11) is 0. The van der Waals surface area contributed by atoms with Gasteiger partial charge in [-0.3, -0.25) is 4.79 Å². The van der Waals surface area contributed by atoms with Gasteiger partial charge in [0.05, 0.1) is 12.2 Å². The van der Waals surface area contributed by atoms with E-state index in [2.05, 4.69) is 15.4 Å². The number of halogens is 3. The van der Waals surface area contributed by atoms with Crippen LogP contribution in [0.3, 0.4) is 0 Å². The second kappa shape index (κ2) is 6.16. The second-order valence-electron chi connectivity index (χ2n) is 6.25. The summed E-state index contributed by atoms with van der Waals surface area (Å²) in [6.07, 6.45) is -4.32. The molecule has 0 aliphatic carbocycles. The van der Waals surface area contributed by atoms with E-state index in [1.165, 1.54) is 4.90 Å². The molecule has 7 nitrogen and oxygen atoms in total. The van der Waals surface area contributed by atoms with Crippen molar-refractivity contribution in [3.05, 3.63) is 28.7 Å². The maximum absolute atomic E-state index is 12.9. The minimum Gasteiger partial charge on any atom is -0.361 e. The van der Waals surface area contributed by atoms with E-state index in [-0.39, 0.29) is 43.7 Å². The summed E-state index contributed by atoms with van der Waals surface area (Å²) in [6.45, 7) is 5.76. The van der Waals surface area contributed by atoms with E-state index in [4.69, 9.17) is 4.52 Å². The predicted octanol–water partition coefficient (Wildman–Crippen LogP) is 2.44. The minimum absolute atomic E-state index is 0.0240. The van der Waals surface area contributed by atoms with Crippen molar-refractivity contribution in [2.45, 2.75) is 52.4 Å². The molecule has 1 amide bonds. The van der Waals surface area contributed by atoms with Crippen LogP contribution in [0.1, 0.15) is 47.9 Å². The molecule has 2 aromatic heterocycles. The van der Waals surface area contributed by atoms with Gasteiger partial charge >= 0.3 is 6.18 Å². The summed E-state index contributed by atoms with van der Waals surface area (Å²) < 4.78 is 44.7. The first-order valence-electron chi connectivity index (χ1n) is 7.88.